The standard InChI is InChI=1S/C17H24N2OS/c1-11-5-4-6-16(12(11)2)19-17(21)14-7-9-15(10-8-14)18-13(3)20/h7-12,16H,4-6H2,1-3H3,(H,18,20)(H,19,21)/t11-,12-,16-/m1/s1. The fraction of sp³-hybridized carbons (Fsp3) is 0.529. The van der Waals surface area contributed by atoms with Crippen LogP contribution in [0.3, 0.4) is 0 Å². The SMILES string of the molecule is CC(=O)Nc1ccc(C(=S)N[C@@H]2CCC[C@@H](C)[C@H]2C)cc1. The smallest absolute Gasteiger partial charge is 0.221 e. The van der Waals surface area contributed by atoms with Crippen LogP contribution in [0, 0.1) is 11.8 Å². The quantitative estimate of drug-likeness (QED) is 0.836. The average Bonchev–Trinajstić information content (AvgIpc) is 2.44. The lowest BCUT2D eigenvalue weighted by molar-refractivity contribution is -0.114. The van der Waals surface area contributed by atoms with Gasteiger partial charge in [-0.2, -0.15) is 0 Å². The van der Waals surface area contributed by atoms with Gasteiger partial charge in [0.1, 0.15) is 4.99 Å². The van der Waals surface area contributed by atoms with Gasteiger partial charge in [-0.05, 0) is 42.5 Å². The number of anilines is 1. The van der Waals surface area contributed by atoms with E-state index in [1.807, 2.05) is 24.3 Å². The van der Waals surface area contributed by atoms with Crippen LogP contribution in [0.4, 0.5) is 5.69 Å². The second-order valence-electron chi connectivity index (χ2n) is 6.11. The van der Waals surface area contributed by atoms with Gasteiger partial charge in [0, 0.05) is 24.2 Å². The number of benzene rings is 1. The Morgan fingerprint density at radius 3 is 2.48 bits per heavy atom. The summed E-state index contributed by atoms with van der Waals surface area (Å²) in [5, 5.41) is 6.28. The van der Waals surface area contributed by atoms with Gasteiger partial charge < -0.3 is 10.6 Å². The van der Waals surface area contributed by atoms with E-state index in [1.54, 1.807) is 0 Å². The van der Waals surface area contributed by atoms with E-state index in [2.05, 4.69) is 24.5 Å². The molecule has 1 aliphatic rings. The number of amides is 1. The molecule has 0 aromatic heterocycles. The van der Waals surface area contributed by atoms with Crippen LogP contribution in [-0.2, 0) is 4.79 Å². The molecular weight excluding hydrogens is 280 g/mol. The van der Waals surface area contributed by atoms with Crippen LogP contribution in [0.25, 0.3) is 0 Å². The van der Waals surface area contributed by atoms with Gasteiger partial charge in [-0.1, -0.05) is 38.9 Å². The van der Waals surface area contributed by atoms with Crippen LogP contribution in [0.15, 0.2) is 24.3 Å². The summed E-state index contributed by atoms with van der Waals surface area (Å²) in [6, 6.07) is 8.15. The molecule has 21 heavy (non-hydrogen) atoms. The van der Waals surface area contributed by atoms with Crippen molar-refractivity contribution < 1.29 is 4.79 Å². The van der Waals surface area contributed by atoms with Crippen molar-refractivity contribution in [1.82, 2.24) is 5.32 Å². The molecule has 2 rings (SSSR count). The van der Waals surface area contributed by atoms with Crippen LogP contribution in [-0.4, -0.2) is 16.9 Å². The van der Waals surface area contributed by atoms with E-state index in [0.717, 1.165) is 22.2 Å². The molecule has 0 unspecified atom stereocenters. The van der Waals surface area contributed by atoms with Gasteiger partial charge in [-0.25, -0.2) is 0 Å². The normalized spacial score (nSPS) is 25.2. The molecule has 3 nitrogen and oxygen atoms in total. The van der Waals surface area contributed by atoms with E-state index < -0.39 is 0 Å². The highest BCUT2D eigenvalue weighted by Crippen LogP contribution is 2.29. The number of nitrogens with one attached hydrogen (secondary N) is 2. The van der Waals surface area contributed by atoms with Crippen LogP contribution in [0.1, 0.15) is 45.6 Å². The van der Waals surface area contributed by atoms with E-state index in [1.165, 1.54) is 26.2 Å². The first-order valence-electron chi connectivity index (χ1n) is 7.66. The lowest BCUT2D eigenvalue weighted by atomic mass is 9.78. The Morgan fingerprint density at radius 1 is 1.19 bits per heavy atom. The Kier molecular flexibility index (Phi) is 5.34. The lowest BCUT2D eigenvalue weighted by Gasteiger charge is -2.35. The van der Waals surface area contributed by atoms with Crippen molar-refractivity contribution in [2.45, 2.75) is 46.1 Å². The summed E-state index contributed by atoms with van der Waals surface area (Å²) in [6.07, 6.45) is 3.78. The predicted molar refractivity (Wildman–Crippen MR) is 91.5 cm³/mol. The van der Waals surface area contributed by atoms with Crippen molar-refractivity contribution in [3.63, 3.8) is 0 Å². The first kappa shape index (κ1) is 16.0. The highest BCUT2D eigenvalue weighted by molar-refractivity contribution is 7.80. The third-order valence-corrected chi connectivity index (χ3v) is 4.84. The highest BCUT2D eigenvalue weighted by atomic mass is 32.1. The summed E-state index contributed by atoms with van der Waals surface area (Å²) >= 11 is 5.53. The maximum atomic E-state index is 11.0. The number of carbonyl (C=O) groups is 1. The summed E-state index contributed by atoms with van der Waals surface area (Å²) in [7, 11) is 0. The Labute approximate surface area is 132 Å². The Morgan fingerprint density at radius 2 is 1.86 bits per heavy atom. The van der Waals surface area contributed by atoms with Crippen molar-refractivity contribution >= 4 is 28.8 Å². The molecule has 114 valence electrons. The van der Waals surface area contributed by atoms with Gasteiger partial charge >= 0.3 is 0 Å². The zero-order valence-corrected chi connectivity index (χ0v) is 13.8. The number of thiocarbonyl (C=S) groups is 1. The second-order valence-corrected chi connectivity index (χ2v) is 6.51. The molecule has 0 aliphatic heterocycles. The van der Waals surface area contributed by atoms with E-state index >= 15 is 0 Å². The Balaban J connectivity index is 1.98. The number of hydrogen-bond acceptors (Lipinski definition) is 2. The molecule has 1 saturated carbocycles. The molecule has 2 N–H and O–H groups in total. The fourth-order valence-corrected chi connectivity index (χ4v) is 3.23. The summed E-state index contributed by atoms with van der Waals surface area (Å²) in [4.78, 5) is 11.8. The second kappa shape index (κ2) is 7.03. The molecule has 0 saturated heterocycles. The van der Waals surface area contributed by atoms with E-state index in [0.29, 0.717) is 12.0 Å². The fourth-order valence-electron chi connectivity index (χ4n) is 2.95. The number of carbonyl (C=O) groups excluding carboxylic acids is 1. The predicted octanol–water partition coefficient (Wildman–Crippen LogP) is 3.73. The van der Waals surface area contributed by atoms with E-state index in [4.69, 9.17) is 12.2 Å². The minimum Gasteiger partial charge on any atom is -0.373 e. The maximum Gasteiger partial charge on any atom is 0.221 e. The van der Waals surface area contributed by atoms with Crippen LogP contribution in [0.5, 0.6) is 0 Å². The molecule has 1 aromatic rings. The van der Waals surface area contributed by atoms with Gasteiger partial charge in [0.05, 0.1) is 0 Å². The largest absolute Gasteiger partial charge is 0.373 e. The lowest BCUT2D eigenvalue weighted by Crippen LogP contribution is -2.43. The average molecular weight is 304 g/mol. The van der Waals surface area contributed by atoms with Crippen molar-refractivity contribution in [2.24, 2.45) is 11.8 Å². The van der Waals surface area contributed by atoms with Crippen molar-refractivity contribution in [3.05, 3.63) is 29.8 Å². The van der Waals surface area contributed by atoms with Crippen molar-refractivity contribution in [3.8, 4) is 0 Å². The first-order chi connectivity index (χ1) is 9.97. The van der Waals surface area contributed by atoms with Crippen molar-refractivity contribution in [1.29, 1.82) is 0 Å². The highest BCUT2D eigenvalue weighted by Gasteiger charge is 2.27. The molecule has 4 heteroatoms. The molecule has 1 aromatic carbocycles. The third-order valence-electron chi connectivity index (χ3n) is 4.49. The molecule has 0 spiro atoms. The summed E-state index contributed by atoms with van der Waals surface area (Å²) in [6.45, 7) is 6.14. The molecule has 3 atom stereocenters. The molecule has 1 amide bonds. The third kappa shape index (κ3) is 4.27. The minimum atomic E-state index is -0.0616. The monoisotopic (exact) mass is 304 g/mol. The number of hydrogen-bond donors (Lipinski definition) is 2. The molecule has 0 bridgehead atoms. The zero-order chi connectivity index (χ0) is 15.4. The van der Waals surface area contributed by atoms with E-state index in [-0.39, 0.29) is 5.91 Å². The van der Waals surface area contributed by atoms with E-state index in [9.17, 15) is 4.79 Å². The van der Waals surface area contributed by atoms with Crippen molar-refractivity contribution in [2.75, 3.05) is 5.32 Å². The summed E-state index contributed by atoms with van der Waals surface area (Å²) < 4.78 is 0. The van der Waals surface area contributed by atoms with Gasteiger partial charge in [-0.3, -0.25) is 4.79 Å². The summed E-state index contributed by atoms with van der Waals surface area (Å²) in [5.74, 6) is 1.34. The Hall–Kier alpha value is -1.42. The first-order valence-corrected chi connectivity index (χ1v) is 8.06. The topological polar surface area (TPSA) is 41.1 Å². The molecular formula is C17H24N2OS. The van der Waals surface area contributed by atoms with Crippen LogP contribution < -0.4 is 10.6 Å². The molecule has 1 fully saturated rings. The zero-order valence-electron chi connectivity index (χ0n) is 13.0. The van der Waals surface area contributed by atoms with Gasteiger partial charge in [0.2, 0.25) is 5.91 Å². The summed E-state index contributed by atoms with van der Waals surface area (Å²) in [5.41, 5.74) is 1.80. The molecule has 0 heterocycles. The molecule has 1 aliphatic carbocycles. The van der Waals surface area contributed by atoms with Gasteiger partial charge in [0.15, 0.2) is 0 Å². The minimum absolute atomic E-state index is 0.0616. The van der Waals surface area contributed by atoms with Gasteiger partial charge in [-0.15, -0.1) is 0 Å². The van der Waals surface area contributed by atoms with Gasteiger partial charge in [0.25, 0.3) is 0 Å². The Bertz CT molecular complexity index is 512. The number of rotatable bonds is 3. The van der Waals surface area contributed by atoms with Crippen LogP contribution >= 0.6 is 12.2 Å². The van der Waals surface area contributed by atoms with Crippen LogP contribution in [0.2, 0.25) is 0 Å². The maximum absolute atomic E-state index is 11.0. The molecule has 0 radical (unpaired) electrons.